The first-order chi connectivity index (χ1) is 7.61. The fraction of sp³-hybridized carbons (Fsp3) is 0.182. The number of benzene rings is 1. The highest BCUT2D eigenvalue weighted by molar-refractivity contribution is 7.17. The van der Waals surface area contributed by atoms with Crippen LogP contribution in [-0.2, 0) is 16.0 Å². The molecule has 3 nitrogen and oxygen atoms in total. The van der Waals surface area contributed by atoms with Gasteiger partial charge in [0.15, 0.2) is 0 Å². The Labute approximate surface area is 101 Å². The van der Waals surface area contributed by atoms with E-state index >= 15 is 0 Å². The third kappa shape index (κ3) is 1.99. The van der Waals surface area contributed by atoms with Crippen LogP contribution in [0.25, 0.3) is 10.1 Å². The standard InChI is InChI=1S/C11H9ClO3S/c1-15-10(14)2-6-5-16-9-4-7(12)3-8(13)11(6)9/h3-5,13H,2H2,1H3. The van der Waals surface area contributed by atoms with Gasteiger partial charge in [0.25, 0.3) is 0 Å². The fourth-order valence-corrected chi connectivity index (χ4v) is 2.83. The summed E-state index contributed by atoms with van der Waals surface area (Å²) in [6, 6.07) is 3.24. The molecule has 5 heteroatoms. The number of halogens is 1. The minimum absolute atomic E-state index is 0.0997. The van der Waals surface area contributed by atoms with E-state index in [0.29, 0.717) is 10.4 Å². The van der Waals surface area contributed by atoms with Crippen LogP contribution in [0.1, 0.15) is 5.56 Å². The normalized spacial score (nSPS) is 10.6. The molecule has 0 saturated carbocycles. The highest BCUT2D eigenvalue weighted by atomic mass is 35.5. The summed E-state index contributed by atoms with van der Waals surface area (Å²) in [6.07, 6.45) is 0.158. The van der Waals surface area contributed by atoms with Crippen LogP contribution >= 0.6 is 22.9 Å². The van der Waals surface area contributed by atoms with Crippen molar-refractivity contribution in [2.75, 3.05) is 7.11 Å². The first-order valence-electron chi connectivity index (χ1n) is 4.57. The lowest BCUT2D eigenvalue weighted by atomic mass is 10.1. The van der Waals surface area contributed by atoms with E-state index in [2.05, 4.69) is 4.74 Å². The third-order valence-electron chi connectivity index (χ3n) is 2.26. The molecule has 0 aliphatic rings. The van der Waals surface area contributed by atoms with Crippen LogP contribution in [0, 0.1) is 0 Å². The van der Waals surface area contributed by atoms with Crippen molar-refractivity contribution < 1.29 is 14.6 Å². The number of phenols is 1. The van der Waals surface area contributed by atoms with Crippen molar-refractivity contribution >= 4 is 39.0 Å². The lowest BCUT2D eigenvalue weighted by Crippen LogP contribution is -2.03. The predicted molar refractivity (Wildman–Crippen MR) is 64.2 cm³/mol. The topological polar surface area (TPSA) is 46.5 Å². The molecule has 1 aromatic carbocycles. The summed E-state index contributed by atoms with van der Waals surface area (Å²) < 4.78 is 5.46. The Hall–Kier alpha value is -1.26. The molecular formula is C11H9ClO3S. The van der Waals surface area contributed by atoms with Crippen LogP contribution < -0.4 is 0 Å². The highest BCUT2D eigenvalue weighted by Crippen LogP contribution is 2.36. The zero-order valence-corrected chi connectivity index (χ0v) is 10.1. The minimum atomic E-state index is -0.325. The second-order valence-corrected chi connectivity index (χ2v) is 4.66. The number of phenolic OH excluding ortho intramolecular Hbond substituents is 1. The van der Waals surface area contributed by atoms with E-state index in [4.69, 9.17) is 11.6 Å². The smallest absolute Gasteiger partial charge is 0.310 e. The first-order valence-corrected chi connectivity index (χ1v) is 5.83. The number of hydrogen-bond acceptors (Lipinski definition) is 4. The van der Waals surface area contributed by atoms with Gasteiger partial charge in [0.05, 0.1) is 13.5 Å². The van der Waals surface area contributed by atoms with Gasteiger partial charge in [-0.05, 0) is 23.1 Å². The molecule has 0 bridgehead atoms. The maximum Gasteiger partial charge on any atom is 0.310 e. The van der Waals surface area contributed by atoms with Gasteiger partial charge in [0.2, 0.25) is 0 Å². The Kier molecular flexibility index (Phi) is 3.03. The number of aromatic hydroxyl groups is 1. The van der Waals surface area contributed by atoms with Crippen molar-refractivity contribution in [2.45, 2.75) is 6.42 Å². The molecule has 0 radical (unpaired) electrons. The Bertz CT molecular complexity index is 547. The maximum absolute atomic E-state index is 11.2. The Morgan fingerprint density at radius 1 is 1.56 bits per heavy atom. The molecule has 1 N–H and O–H groups in total. The van der Waals surface area contributed by atoms with Gasteiger partial charge in [-0.15, -0.1) is 11.3 Å². The molecule has 1 aromatic heterocycles. The molecule has 0 fully saturated rings. The number of methoxy groups -OCH3 is 1. The number of fused-ring (bicyclic) bond motifs is 1. The summed E-state index contributed by atoms with van der Waals surface area (Å²) in [4.78, 5) is 11.2. The van der Waals surface area contributed by atoms with E-state index in [9.17, 15) is 9.90 Å². The van der Waals surface area contributed by atoms with Gasteiger partial charge in [-0.1, -0.05) is 11.6 Å². The van der Waals surface area contributed by atoms with E-state index in [-0.39, 0.29) is 18.1 Å². The van der Waals surface area contributed by atoms with Crippen molar-refractivity contribution in [1.29, 1.82) is 0 Å². The lowest BCUT2D eigenvalue weighted by molar-refractivity contribution is -0.139. The zero-order valence-electron chi connectivity index (χ0n) is 8.49. The van der Waals surface area contributed by atoms with Crippen LogP contribution in [0.2, 0.25) is 5.02 Å². The monoisotopic (exact) mass is 256 g/mol. The number of thiophene rings is 1. The first kappa shape index (κ1) is 11.2. The van der Waals surface area contributed by atoms with Crippen LogP contribution in [-0.4, -0.2) is 18.2 Å². The van der Waals surface area contributed by atoms with Crippen LogP contribution in [0.3, 0.4) is 0 Å². The van der Waals surface area contributed by atoms with Crippen LogP contribution in [0.5, 0.6) is 5.75 Å². The maximum atomic E-state index is 11.2. The number of ether oxygens (including phenoxy) is 1. The molecular weight excluding hydrogens is 248 g/mol. The number of carbonyl (C=O) groups is 1. The number of rotatable bonds is 2. The van der Waals surface area contributed by atoms with Gasteiger partial charge in [0, 0.05) is 15.1 Å². The lowest BCUT2D eigenvalue weighted by Gasteiger charge is -2.01. The summed E-state index contributed by atoms with van der Waals surface area (Å²) in [7, 11) is 1.34. The Morgan fingerprint density at radius 3 is 3.00 bits per heavy atom. The van der Waals surface area contributed by atoms with Crippen LogP contribution in [0.15, 0.2) is 17.5 Å². The van der Waals surface area contributed by atoms with E-state index in [0.717, 1.165) is 10.3 Å². The Morgan fingerprint density at radius 2 is 2.31 bits per heavy atom. The van der Waals surface area contributed by atoms with Crippen molar-refractivity contribution in [3.8, 4) is 5.75 Å². The molecule has 16 heavy (non-hydrogen) atoms. The van der Waals surface area contributed by atoms with E-state index < -0.39 is 0 Å². The van der Waals surface area contributed by atoms with E-state index in [1.54, 1.807) is 6.07 Å². The average Bonchev–Trinajstić information content (AvgIpc) is 2.61. The number of carbonyl (C=O) groups excluding carboxylic acids is 1. The van der Waals surface area contributed by atoms with E-state index in [1.807, 2.05) is 5.38 Å². The molecule has 0 aliphatic carbocycles. The third-order valence-corrected chi connectivity index (χ3v) is 3.45. The predicted octanol–water partition coefficient (Wildman–Crippen LogP) is 2.98. The average molecular weight is 257 g/mol. The highest BCUT2D eigenvalue weighted by Gasteiger charge is 2.13. The zero-order chi connectivity index (χ0) is 11.7. The van der Waals surface area contributed by atoms with Gasteiger partial charge >= 0.3 is 5.97 Å². The van der Waals surface area contributed by atoms with E-state index in [1.165, 1.54) is 24.5 Å². The van der Waals surface area contributed by atoms with Crippen molar-refractivity contribution in [3.05, 3.63) is 28.1 Å². The molecule has 0 aliphatic heterocycles. The Balaban J connectivity index is 2.52. The number of hydrogen-bond donors (Lipinski definition) is 1. The van der Waals surface area contributed by atoms with Gasteiger partial charge in [-0.3, -0.25) is 4.79 Å². The second-order valence-electron chi connectivity index (χ2n) is 3.31. The molecule has 0 atom stereocenters. The summed E-state index contributed by atoms with van der Waals surface area (Å²) in [6.45, 7) is 0. The van der Waals surface area contributed by atoms with Crippen molar-refractivity contribution in [3.63, 3.8) is 0 Å². The van der Waals surface area contributed by atoms with Crippen LogP contribution in [0.4, 0.5) is 0 Å². The molecule has 0 spiro atoms. The SMILES string of the molecule is COC(=O)Cc1csc2cc(Cl)cc(O)c12. The molecule has 1 heterocycles. The largest absolute Gasteiger partial charge is 0.507 e. The summed E-state index contributed by atoms with van der Waals surface area (Å²) in [5, 5.41) is 12.8. The van der Waals surface area contributed by atoms with Gasteiger partial charge < -0.3 is 9.84 Å². The molecule has 0 amide bonds. The van der Waals surface area contributed by atoms with Crippen molar-refractivity contribution in [1.82, 2.24) is 0 Å². The summed E-state index contributed by atoms with van der Waals surface area (Å²) in [5.74, 6) is -0.225. The van der Waals surface area contributed by atoms with Gasteiger partial charge in [0.1, 0.15) is 5.75 Å². The molecule has 0 unspecified atom stereocenters. The molecule has 0 saturated heterocycles. The molecule has 2 rings (SSSR count). The molecule has 84 valence electrons. The van der Waals surface area contributed by atoms with Gasteiger partial charge in [-0.25, -0.2) is 0 Å². The quantitative estimate of drug-likeness (QED) is 0.841. The number of esters is 1. The van der Waals surface area contributed by atoms with Crippen molar-refractivity contribution in [2.24, 2.45) is 0 Å². The summed E-state index contributed by atoms with van der Waals surface area (Å²) in [5.41, 5.74) is 0.765. The fourth-order valence-electron chi connectivity index (χ4n) is 1.54. The second kappa shape index (κ2) is 4.31. The molecule has 2 aromatic rings. The summed E-state index contributed by atoms with van der Waals surface area (Å²) >= 11 is 7.26. The minimum Gasteiger partial charge on any atom is -0.507 e. The van der Waals surface area contributed by atoms with Gasteiger partial charge in [-0.2, -0.15) is 0 Å².